The summed E-state index contributed by atoms with van der Waals surface area (Å²) in [5.74, 6) is 0.256. The summed E-state index contributed by atoms with van der Waals surface area (Å²) in [5.41, 5.74) is 2.19. The Morgan fingerprint density at radius 1 is 1.28 bits per heavy atom. The molecule has 1 fully saturated rings. The lowest BCUT2D eigenvalue weighted by atomic mass is 9.98. The lowest BCUT2D eigenvalue weighted by Gasteiger charge is -2.28. The highest BCUT2D eigenvalue weighted by Gasteiger charge is 2.32. The van der Waals surface area contributed by atoms with Crippen LogP contribution >= 0.6 is 0 Å². The van der Waals surface area contributed by atoms with E-state index in [-0.39, 0.29) is 24.9 Å². The number of para-hydroxylation sites is 1. The van der Waals surface area contributed by atoms with Crippen molar-refractivity contribution in [3.05, 3.63) is 35.9 Å². The van der Waals surface area contributed by atoms with Crippen LogP contribution in [0.25, 0.3) is 5.57 Å². The van der Waals surface area contributed by atoms with Crippen LogP contribution in [0.4, 0.5) is 4.79 Å². The third kappa shape index (κ3) is 3.65. The molecule has 0 saturated carbocycles. The number of urea groups is 1. The van der Waals surface area contributed by atoms with Gasteiger partial charge in [0.25, 0.3) is 5.91 Å². The van der Waals surface area contributed by atoms with Gasteiger partial charge in [-0.2, -0.15) is 0 Å². The number of nitrogens with one attached hydrogen (secondary N) is 1. The van der Waals surface area contributed by atoms with E-state index in [2.05, 4.69) is 5.32 Å². The Hall–Kier alpha value is -2.83. The minimum absolute atomic E-state index is 0.0373. The number of rotatable bonds is 5. The van der Waals surface area contributed by atoms with Crippen molar-refractivity contribution in [3.8, 4) is 5.75 Å². The van der Waals surface area contributed by atoms with Gasteiger partial charge < -0.3 is 15.0 Å². The van der Waals surface area contributed by atoms with E-state index in [0.29, 0.717) is 26.1 Å². The molecule has 1 aromatic carbocycles. The molecular weight excluding hydrogens is 322 g/mol. The standard InChI is InChI=1S/C18H21N3O4/c1-2-25-15-6-4-3-5-14(15)13-7-9-20(10-8-13)17(23)12-21-16(22)11-19-18(21)24/h3-7H,2,8-12H2,1H3,(H,19,24). The van der Waals surface area contributed by atoms with Gasteiger partial charge in [-0.05, 0) is 25.0 Å². The number of benzene rings is 1. The molecule has 1 N–H and O–H groups in total. The normalized spacial score (nSPS) is 17.4. The van der Waals surface area contributed by atoms with E-state index >= 15 is 0 Å². The van der Waals surface area contributed by atoms with Crippen LogP contribution < -0.4 is 10.1 Å². The predicted octanol–water partition coefficient (Wildman–Crippen LogP) is 1.25. The first kappa shape index (κ1) is 17.0. The van der Waals surface area contributed by atoms with Crippen molar-refractivity contribution in [2.24, 2.45) is 0 Å². The predicted molar refractivity (Wildman–Crippen MR) is 91.9 cm³/mol. The van der Waals surface area contributed by atoms with Gasteiger partial charge in [0.15, 0.2) is 0 Å². The van der Waals surface area contributed by atoms with Gasteiger partial charge in [0.1, 0.15) is 12.3 Å². The van der Waals surface area contributed by atoms with Crippen LogP contribution in [0.15, 0.2) is 30.3 Å². The molecule has 2 aliphatic rings. The minimum atomic E-state index is -0.503. The molecule has 0 spiro atoms. The molecule has 2 heterocycles. The van der Waals surface area contributed by atoms with Gasteiger partial charge in [0.2, 0.25) is 5.91 Å². The fourth-order valence-corrected chi connectivity index (χ4v) is 3.00. The van der Waals surface area contributed by atoms with E-state index in [0.717, 1.165) is 21.8 Å². The van der Waals surface area contributed by atoms with Crippen molar-refractivity contribution in [3.63, 3.8) is 0 Å². The number of imide groups is 1. The molecule has 0 unspecified atom stereocenters. The number of carbonyl (C=O) groups excluding carboxylic acids is 3. The van der Waals surface area contributed by atoms with E-state index < -0.39 is 6.03 Å². The summed E-state index contributed by atoms with van der Waals surface area (Å²) in [6, 6.07) is 7.35. The molecule has 0 aliphatic carbocycles. The fourth-order valence-electron chi connectivity index (χ4n) is 3.00. The van der Waals surface area contributed by atoms with E-state index in [1.807, 2.05) is 37.3 Å². The van der Waals surface area contributed by atoms with Gasteiger partial charge in [-0.1, -0.05) is 24.3 Å². The smallest absolute Gasteiger partial charge is 0.325 e. The van der Waals surface area contributed by atoms with E-state index in [9.17, 15) is 14.4 Å². The number of ether oxygens (including phenoxy) is 1. The quantitative estimate of drug-likeness (QED) is 0.816. The molecule has 0 radical (unpaired) electrons. The summed E-state index contributed by atoms with van der Waals surface area (Å²) < 4.78 is 5.67. The number of hydrogen-bond donors (Lipinski definition) is 1. The maximum Gasteiger partial charge on any atom is 0.325 e. The average molecular weight is 343 g/mol. The maximum absolute atomic E-state index is 12.4. The summed E-state index contributed by atoms with van der Waals surface area (Å²) in [4.78, 5) is 38.1. The van der Waals surface area contributed by atoms with Crippen molar-refractivity contribution < 1.29 is 19.1 Å². The average Bonchev–Trinajstić information content (AvgIpc) is 2.94. The maximum atomic E-state index is 12.4. The Balaban J connectivity index is 1.65. The number of carbonyl (C=O) groups is 3. The Bertz CT molecular complexity index is 713. The first-order valence-electron chi connectivity index (χ1n) is 8.37. The number of hydrogen-bond acceptors (Lipinski definition) is 4. The third-order valence-electron chi connectivity index (χ3n) is 4.33. The second-order valence-electron chi connectivity index (χ2n) is 5.89. The Morgan fingerprint density at radius 2 is 2.08 bits per heavy atom. The highest BCUT2D eigenvalue weighted by Crippen LogP contribution is 2.30. The minimum Gasteiger partial charge on any atom is -0.493 e. The molecule has 1 aromatic rings. The van der Waals surface area contributed by atoms with Gasteiger partial charge in [0.05, 0.1) is 13.2 Å². The van der Waals surface area contributed by atoms with Gasteiger partial charge >= 0.3 is 6.03 Å². The van der Waals surface area contributed by atoms with Crippen LogP contribution in [0.2, 0.25) is 0 Å². The van der Waals surface area contributed by atoms with Crippen molar-refractivity contribution >= 4 is 23.4 Å². The van der Waals surface area contributed by atoms with Crippen LogP contribution in [-0.4, -0.2) is 60.4 Å². The van der Waals surface area contributed by atoms with E-state index in [1.54, 1.807) is 4.90 Å². The SMILES string of the molecule is CCOc1ccccc1C1=CCN(C(=O)CN2C(=O)CNC2=O)CC1. The second-order valence-corrected chi connectivity index (χ2v) is 5.89. The summed E-state index contributed by atoms with van der Waals surface area (Å²) in [7, 11) is 0. The molecule has 7 nitrogen and oxygen atoms in total. The Labute approximate surface area is 146 Å². The molecule has 1 saturated heterocycles. The highest BCUT2D eigenvalue weighted by molar-refractivity contribution is 6.04. The van der Waals surface area contributed by atoms with Crippen LogP contribution in [0.5, 0.6) is 5.75 Å². The van der Waals surface area contributed by atoms with Crippen LogP contribution in [0.3, 0.4) is 0 Å². The molecular formula is C18H21N3O4. The van der Waals surface area contributed by atoms with Gasteiger partial charge in [-0.25, -0.2) is 4.79 Å². The molecule has 7 heteroatoms. The molecule has 4 amide bonds. The number of nitrogens with zero attached hydrogens (tertiary/aromatic N) is 2. The molecule has 2 aliphatic heterocycles. The van der Waals surface area contributed by atoms with Crippen molar-refractivity contribution in [2.45, 2.75) is 13.3 Å². The molecule has 0 bridgehead atoms. The first-order chi connectivity index (χ1) is 12.1. The summed E-state index contributed by atoms with van der Waals surface area (Å²) >= 11 is 0. The third-order valence-corrected chi connectivity index (χ3v) is 4.33. The van der Waals surface area contributed by atoms with Crippen molar-refractivity contribution in [1.82, 2.24) is 15.1 Å². The topological polar surface area (TPSA) is 79.0 Å². The van der Waals surface area contributed by atoms with Crippen LogP contribution in [-0.2, 0) is 9.59 Å². The van der Waals surface area contributed by atoms with E-state index in [1.165, 1.54) is 0 Å². The summed E-state index contributed by atoms with van der Waals surface area (Å²) in [5, 5.41) is 2.42. The van der Waals surface area contributed by atoms with Gasteiger partial charge in [-0.15, -0.1) is 0 Å². The lowest BCUT2D eigenvalue weighted by molar-refractivity contribution is -0.136. The molecule has 132 valence electrons. The molecule has 0 aromatic heterocycles. The van der Waals surface area contributed by atoms with Crippen LogP contribution in [0.1, 0.15) is 18.9 Å². The first-order valence-corrected chi connectivity index (χ1v) is 8.37. The Kier molecular flexibility index (Phi) is 5.02. The molecule has 25 heavy (non-hydrogen) atoms. The van der Waals surface area contributed by atoms with Gasteiger partial charge in [0, 0.05) is 18.7 Å². The summed E-state index contributed by atoms with van der Waals surface area (Å²) in [6.45, 7) is 3.31. The Morgan fingerprint density at radius 3 is 2.72 bits per heavy atom. The van der Waals surface area contributed by atoms with Crippen molar-refractivity contribution in [2.75, 3.05) is 32.8 Å². The molecule has 0 atom stereocenters. The second kappa shape index (κ2) is 7.38. The lowest BCUT2D eigenvalue weighted by Crippen LogP contribution is -2.44. The monoisotopic (exact) mass is 343 g/mol. The zero-order valence-corrected chi connectivity index (χ0v) is 14.2. The van der Waals surface area contributed by atoms with Gasteiger partial charge in [-0.3, -0.25) is 14.5 Å². The highest BCUT2D eigenvalue weighted by atomic mass is 16.5. The zero-order valence-electron chi connectivity index (χ0n) is 14.2. The van der Waals surface area contributed by atoms with E-state index in [4.69, 9.17) is 4.74 Å². The molecule has 3 rings (SSSR count). The zero-order chi connectivity index (χ0) is 17.8. The largest absolute Gasteiger partial charge is 0.493 e. The van der Waals surface area contributed by atoms with Crippen molar-refractivity contribution in [1.29, 1.82) is 0 Å². The summed E-state index contributed by atoms with van der Waals surface area (Å²) in [6.07, 6.45) is 2.71. The van der Waals surface area contributed by atoms with Crippen LogP contribution in [0, 0.1) is 0 Å². The fraction of sp³-hybridized carbons (Fsp3) is 0.389. The number of amides is 4.